The van der Waals surface area contributed by atoms with E-state index in [9.17, 15) is 0 Å². The zero-order chi connectivity index (χ0) is 19.8. The number of halogens is 1. The average molecular weight is 517 g/mol. The maximum absolute atomic E-state index is 6.32. The van der Waals surface area contributed by atoms with Gasteiger partial charge in [-0.15, -0.1) is 24.0 Å². The SMILES string of the molecule is CCNC(=NCc1cccc(OC)c1OC1CCCC1)NCC1(C)CCCO1.I. The van der Waals surface area contributed by atoms with Crippen LogP contribution in [-0.4, -0.2) is 44.5 Å². The van der Waals surface area contributed by atoms with Crippen LogP contribution in [0.15, 0.2) is 23.2 Å². The van der Waals surface area contributed by atoms with Crippen LogP contribution in [-0.2, 0) is 11.3 Å². The van der Waals surface area contributed by atoms with Crippen molar-refractivity contribution >= 4 is 29.9 Å². The quantitative estimate of drug-likeness (QED) is 0.307. The Kier molecular flexibility index (Phi) is 9.82. The van der Waals surface area contributed by atoms with E-state index in [0.717, 1.165) is 68.4 Å². The zero-order valence-corrected chi connectivity index (χ0v) is 20.3. The van der Waals surface area contributed by atoms with Crippen molar-refractivity contribution in [1.82, 2.24) is 10.6 Å². The number of nitrogens with zero attached hydrogens (tertiary/aromatic N) is 1. The molecule has 0 amide bonds. The molecule has 0 spiro atoms. The second-order valence-electron chi connectivity index (χ2n) is 7.92. The van der Waals surface area contributed by atoms with E-state index in [2.05, 4.69) is 30.5 Å². The fourth-order valence-electron chi connectivity index (χ4n) is 3.91. The van der Waals surface area contributed by atoms with Crippen molar-refractivity contribution in [2.75, 3.05) is 26.8 Å². The van der Waals surface area contributed by atoms with Crippen LogP contribution in [0.25, 0.3) is 0 Å². The van der Waals surface area contributed by atoms with Crippen LogP contribution in [0.5, 0.6) is 11.5 Å². The number of guanidine groups is 1. The van der Waals surface area contributed by atoms with E-state index in [4.69, 9.17) is 19.2 Å². The minimum atomic E-state index is -0.108. The van der Waals surface area contributed by atoms with Crippen LogP contribution in [0.1, 0.15) is 57.9 Å². The molecular formula is C22H36IN3O3. The van der Waals surface area contributed by atoms with Gasteiger partial charge in [-0.05, 0) is 58.4 Å². The molecule has 1 saturated heterocycles. The lowest BCUT2D eigenvalue weighted by atomic mass is 10.0. The highest BCUT2D eigenvalue weighted by Gasteiger charge is 2.29. The number of hydrogen-bond acceptors (Lipinski definition) is 4. The molecule has 2 N–H and O–H groups in total. The van der Waals surface area contributed by atoms with Gasteiger partial charge in [0, 0.05) is 25.3 Å². The predicted octanol–water partition coefficient (Wildman–Crippen LogP) is 4.26. The number of para-hydroxylation sites is 1. The van der Waals surface area contributed by atoms with Gasteiger partial charge in [0.25, 0.3) is 0 Å². The second-order valence-corrected chi connectivity index (χ2v) is 7.92. The molecule has 29 heavy (non-hydrogen) atoms. The fourth-order valence-corrected chi connectivity index (χ4v) is 3.91. The van der Waals surface area contributed by atoms with E-state index in [1.54, 1.807) is 7.11 Å². The summed E-state index contributed by atoms with van der Waals surface area (Å²) in [5.74, 6) is 2.42. The Morgan fingerprint density at radius 2 is 2.03 bits per heavy atom. The standard InChI is InChI=1S/C22H35N3O3.HI/c1-4-23-21(25-16-22(2)13-8-14-27-22)24-15-17-9-7-12-19(26-3)20(17)28-18-10-5-6-11-18;/h7,9,12,18H,4-6,8,10-11,13-16H2,1-3H3,(H2,23,24,25);1H. The highest BCUT2D eigenvalue weighted by atomic mass is 127. The molecule has 1 heterocycles. The Morgan fingerprint density at radius 1 is 1.24 bits per heavy atom. The molecule has 1 saturated carbocycles. The molecule has 1 aromatic rings. The summed E-state index contributed by atoms with van der Waals surface area (Å²) in [6, 6.07) is 6.03. The average Bonchev–Trinajstić information content (AvgIpc) is 3.37. The van der Waals surface area contributed by atoms with Gasteiger partial charge in [-0.25, -0.2) is 4.99 Å². The third-order valence-corrected chi connectivity index (χ3v) is 5.55. The molecule has 3 rings (SSSR count). The summed E-state index contributed by atoms with van der Waals surface area (Å²) in [5, 5.41) is 6.76. The molecule has 1 aromatic carbocycles. The smallest absolute Gasteiger partial charge is 0.191 e. The number of methoxy groups -OCH3 is 1. The van der Waals surface area contributed by atoms with Crippen LogP contribution in [0.3, 0.4) is 0 Å². The molecular weight excluding hydrogens is 481 g/mol. The predicted molar refractivity (Wildman–Crippen MR) is 128 cm³/mol. The van der Waals surface area contributed by atoms with E-state index < -0.39 is 0 Å². The molecule has 2 fully saturated rings. The Labute approximate surface area is 192 Å². The maximum atomic E-state index is 6.32. The molecule has 1 aliphatic heterocycles. The molecule has 7 heteroatoms. The minimum Gasteiger partial charge on any atom is -0.493 e. The van der Waals surface area contributed by atoms with Crippen molar-refractivity contribution < 1.29 is 14.2 Å². The summed E-state index contributed by atoms with van der Waals surface area (Å²) in [7, 11) is 1.69. The second kappa shape index (κ2) is 11.8. The molecule has 0 radical (unpaired) electrons. The fraction of sp³-hybridized carbons (Fsp3) is 0.682. The van der Waals surface area contributed by atoms with Gasteiger partial charge in [-0.3, -0.25) is 0 Å². The van der Waals surface area contributed by atoms with Gasteiger partial charge >= 0.3 is 0 Å². The first kappa shape index (κ1) is 24.1. The van der Waals surface area contributed by atoms with Crippen molar-refractivity contribution in [2.45, 2.75) is 70.6 Å². The third kappa shape index (κ3) is 6.91. The summed E-state index contributed by atoms with van der Waals surface area (Å²) < 4.78 is 17.8. The van der Waals surface area contributed by atoms with Crippen molar-refractivity contribution in [1.29, 1.82) is 0 Å². The summed E-state index contributed by atoms with van der Waals surface area (Å²) >= 11 is 0. The molecule has 0 aromatic heterocycles. The van der Waals surface area contributed by atoms with E-state index >= 15 is 0 Å². The Hall–Kier alpha value is -1.22. The van der Waals surface area contributed by atoms with Crippen LogP contribution in [0, 0.1) is 0 Å². The largest absolute Gasteiger partial charge is 0.493 e. The lowest BCUT2D eigenvalue weighted by Crippen LogP contribution is -2.45. The number of aliphatic imine (C=N–C) groups is 1. The molecule has 1 atom stereocenters. The highest BCUT2D eigenvalue weighted by molar-refractivity contribution is 14.0. The van der Waals surface area contributed by atoms with Crippen molar-refractivity contribution in [3.63, 3.8) is 0 Å². The molecule has 0 bridgehead atoms. The summed E-state index contributed by atoms with van der Waals surface area (Å²) in [5.41, 5.74) is 0.940. The molecule has 1 unspecified atom stereocenters. The summed E-state index contributed by atoms with van der Waals surface area (Å²) in [6.45, 7) is 7.18. The van der Waals surface area contributed by atoms with Gasteiger partial charge in [0.1, 0.15) is 0 Å². The Bertz CT molecular complexity index is 657. The third-order valence-electron chi connectivity index (χ3n) is 5.55. The first-order valence-corrected chi connectivity index (χ1v) is 10.6. The van der Waals surface area contributed by atoms with Gasteiger partial charge in [0.15, 0.2) is 17.5 Å². The topological polar surface area (TPSA) is 64.1 Å². The van der Waals surface area contributed by atoms with E-state index in [1.807, 2.05) is 12.1 Å². The van der Waals surface area contributed by atoms with Crippen LogP contribution in [0.4, 0.5) is 0 Å². The lowest BCUT2D eigenvalue weighted by Gasteiger charge is -2.24. The zero-order valence-electron chi connectivity index (χ0n) is 18.0. The first-order chi connectivity index (χ1) is 13.6. The van der Waals surface area contributed by atoms with Crippen LogP contribution < -0.4 is 20.1 Å². The van der Waals surface area contributed by atoms with E-state index in [0.29, 0.717) is 6.54 Å². The molecule has 6 nitrogen and oxygen atoms in total. The van der Waals surface area contributed by atoms with Gasteiger partial charge < -0.3 is 24.8 Å². The number of rotatable bonds is 8. The minimum absolute atomic E-state index is 0. The molecule has 2 aliphatic rings. The Balaban J connectivity index is 0.00000300. The van der Waals surface area contributed by atoms with E-state index in [-0.39, 0.29) is 35.7 Å². The van der Waals surface area contributed by atoms with Crippen molar-refractivity contribution in [3.05, 3.63) is 23.8 Å². The van der Waals surface area contributed by atoms with Crippen LogP contribution >= 0.6 is 24.0 Å². The highest BCUT2D eigenvalue weighted by Crippen LogP contribution is 2.35. The van der Waals surface area contributed by atoms with Crippen molar-refractivity contribution in [3.8, 4) is 11.5 Å². The normalized spacial score (nSPS) is 22.2. The number of benzene rings is 1. The molecule has 1 aliphatic carbocycles. The summed E-state index contributed by atoms with van der Waals surface area (Å²) in [4.78, 5) is 4.79. The van der Waals surface area contributed by atoms with Crippen molar-refractivity contribution in [2.24, 2.45) is 4.99 Å². The summed E-state index contributed by atoms with van der Waals surface area (Å²) in [6.07, 6.45) is 7.19. The lowest BCUT2D eigenvalue weighted by molar-refractivity contribution is 0.0243. The van der Waals surface area contributed by atoms with Gasteiger partial charge in [0.2, 0.25) is 0 Å². The number of nitrogens with one attached hydrogen (secondary N) is 2. The molecule has 164 valence electrons. The van der Waals surface area contributed by atoms with Crippen LogP contribution in [0.2, 0.25) is 0 Å². The van der Waals surface area contributed by atoms with Gasteiger partial charge in [0.05, 0.1) is 25.4 Å². The monoisotopic (exact) mass is 517 g/mol. The number of hydrogen-bond donors (Lipinski definition) is 2. The maximum Gasteiger partial charge on any atom is 0.191 e. The Morgan fingerprint density at radius 3 is 2.69 bits per heavy atom. The first-order valence-electron chi connectivity index (χ1n) is 10.6. The van der Waals surface area contributed by atoms with Gasteiger partial charge in [-0.1, -0.05) is 12.1 Å². The van der Waals surface area contributed by atoms with Gasteiger partial charge in [-0.2, -0.15) is 0 Å². The number of ether oxygens (including phenoxy) is 3. The van der Waals surface area contributed by atoms with E-state index in [1.165, 1.54) is 12.8 Å².